The Morgan fingerprint density at radius 2 is 1.94 bits per heavy atom. The number of fused-ring (bicyclic) bond motifs is 1. The minimum absolute atomic E-state index is 0.681. The molecule has 2 aliphatic heterocycles. The molecule has 0 amide bonds. The molecule has 1 N–H and O–H groups in total. The maximum atomic E-state index is 3.61. The highest BCUT2D eigenvalue weighted by Gasteiger charge is 2.29. The number of anilines is 2. The van der Waals surface area contributed by atoms with Gasteiger partial charge in [0.2, 0.25) is 0 Å². The lowest BCUT2D eigenvalue weighted by Crippen LogP contribution is -2.33. The second-order valence-corrected chi connectivity index (χ2v) is 5.52. The number of nitrogens with zero attached hydrogens (tertiary/aromatic N) is 1. The molecular formula is C15H22N2. The number of nitrogens with one attached hydrogen (secondary N) is 1. The van der Waals surface area contributed by atoms with E-state index in [0.29, 0.717) is 12.1 Å². The molecule has 3 rings (SSSR count). The van der Waals surface area contributed by atoms with Crippen LogP contribution in [0.5, 0.6) is 0 Å². The molecule has 0 aliphatic carbocycles. The van der Waals surface area contributed by atoms with Gasteiger partial charge in [0.1, 0.15) is 0 Å². The lowest BCUT2D eigenvalue weighted by molar-refractivity contribution is 0.691. The third kappa shape index (κ3) is 1.80. The first-order chi connectivity index (χ1) is 8.27. The third-order valence-corrected chi connectivity index (χ3v) is 4.28. The maximum absolute atomic E-state index is 3.61. The first kappa shape index (κ1) is 10.9. The fourth-order valence-corrected chi connectivity index (χ4v) is 3.38. The first-order valence-corrected chi connectivity index (χ1v) is 6.91. The van der Waals surface area contributed by atoms with Gasteiger partial charge in [-0.05, 0) is 51.2 Å². The molecule has 1 aromatic rings. The number of hydrogen-bond donors (Lipinski definition) is 1. The van der Waals surface area contributed by atoms with Gasteiger partial charge < -0.3 is 10.2 Å². The van der Waals surface area contributed by atoms with Crippen LogP contribution in [-0.2, 0) is 6.42 Å². The molecule has 0 radical (unpaired) electrons. The molecule has 92 valence electrons. The van der Waals surface area contributed by atoms with Crippen LogP contribution in [0, 0.1) is 0 Å². The smallest absolute Gasteiger partial charge is 0.0610 e. The normalized spacial score (nSPS) is 27.8. The Labute approximate surface area is 104 Å². The Balaban J connectivity index is 2.02. The molecule has 0 unspecified atom stereocenters. The van der Waals surface area contributed by atoms with Gasteiger partial charge in [-0.25, -0.2) is 0 Å². The number of rotatable bonds is 1. The van der Waals surface area contributed by atoms with Gasteiger partial charge in [0, 0.05) is 18.6 Å². The molecule has 0 saturated carbocycles. The number of para-hydroxylation sites is 1. The summed E-state index contributed by atoms with van der Waals surface area (Å²) in [5.74, 6) is 0. The molecule has 2 aliphatic rings. The molecule has 1 saturated heterocycles. The zero-order chi connectivity index (χ0) is 11.8. The topological polar surface area (TPSA) is 15.3 Å². The summed E-state index contributed by atoms with van der Waals surface area (Å²) >= 11 is 0. The Hall–Kier alpha value is -1.18. The predicted molar refractivity (Wildman–Crippen MR) is 73.9 cm³/mol. The van der Waals surface area contributed by atoms with Crippen LogP contribution in [0.3, 0.4) is 0 Å². The van der Waals surface area contributed by atoms with Gasteiger partial charge in [-0.2, -0.15) is 0 Å². The molecular weight excluding hydrogens is 208 g/mol. The van der Waals surface area contributed by atoms with Crippen molar-refractivity contribution in [1.29, 1.82) is 0 Å². The van der Waals surface area contributed by atoms with Crippen LogP contribution in [0.1, 0.15) is 38.7 Å². The van der Waals surface area contributed by atoms with E-state index in [1.807, 2.05) is 0 Å². The Kier molecular flexibility index (Phi) is 2.73. The highest BCUT2D eigenvalue weighted by atomic mass is 15.2. The van der Waals surface area contributed by atoms with Crippen molar-refractivity contribution >= 4 is 11.4 Å². The van der Waals surface area contributed by atoms with E-state index in [2.05, 4.69) is 42.3 Å². The monoisotopic (exact) mass is 230 g/mol. The summed E-state index contributed by atoms with van der Waals surface area (Å²) in [5, 5.41) is 3.61. The van der Waals surface area contributed by atoms with E-state index in [9.17, 15) is 0 Å². The van der Waals surface area contributed by atoms with Crippen molar-refractivity contribution in [2.45, 2.75) is 51.6 Å². The van der Waals surface area contributed by atoms with Crippen LogP contribution in [0.2, 0.25) is 0 Å². The average Bonchev–Trinajstić information content (AvgIpc) is 2.69. The van der Waals surface area contributed by atoms with E-state index in [1.54, 1.807) is 0 Å². The van der Waals surface area contributed by atoms with Crippen molar-refractivity contribution in [2.75, 3.05) is 16.8 Å². The van der Waals surface area contributed by atoms with Gasteiger partial charge in [0.25, 0.3) is 0 Å². The van der Waals surface area contributed by atoms with E-state index in [-0.39, 0.29) is 0 Å². The molecule has 0 aromatic heterocycles. The van der Waals surface area contributed by atoms with Crippen molar-refractivity contribution in [2.24, 2.45) is 0 Å². The number of aryl methyl sites for hydroxylation is 1. The maximum Gasteiger partial charge on any atom is 0.0610 e. The van der Waals surface area contributed by atoms with Crippen LogP contribution in [0.15, 0.2) is 18.2 Å². The fourth-order valence-electron chi connectivity index (χ4n) is 3.38. The van der Waals surface area contributed by atoms with E-state index in [4.69, 9.17) is 0 Å². The van der Waals surface area contributed by atoms with Crippen LogP contribution in [0.4, 0.5) is 11.4 Å². The largest absolute Gasteiger partial charge is 0.383 e. The van der Waals surface area contributed by atoms with Gasteiger partial charge in [0.15, 0.2) is 0 Å². The predicted octanol–water partition coefficient (Wildman–Crippen LogP) is 3.42. The summed E-state index contributed by atoms with van der Waals surface area (Å²) in [6.07, 6.45) is 5.14. The molecule has 0 spiro atoms. The molecule has 17 heavy (non-hydrogen) atoms. The molecule has 2 atom stereocenters. The minimum Gasteiger partial charge on any atom is -0.383 e. The van der Waals surface area contributed by atoms with Gasteiger partial charge in [-0.1, -0.05) is 12.1 Å². The molecule has 0 bridgehead atoms. The van der Waals surface area contributed by atoms with E-state index in [1.165, 1.54) is 42.6 Å². The highest BCUT2D eigenvalue weighted by molar-refractivity contribution is 5.75. The highest BCUT2D eigenvalue weighted by Crippen LogP contribution is 2.38. The van der Waals surface area contributed by atoms with Crippen molar-refractivity contribution in [3.8, 4) is 0 Å². The van der Waals surface area contributed by atoms with Crippen LogP contribution >= 0.6 is 0 Å². The van der Waals surface area contributed by atoms with Crippen molar-refractivity contribution in [3.63, 3.8) is 0 Å². The second kappa shape index (κ2) is 4.25. The Morgan fingerprint density at radius 3 is 2.71 bits per heavy atom. The molecule has 1 fully saturated rings. The van der Waals surface area contributed by atoms with Crippen LogP contribution < -0.4 is 10.2 Å². The zero-order valence-corrected chi connectivity index (χ0v) is 10.9. The third-order valence-electron chi connectivity index (χ3n) is 4.28. The second-order valence-electron chi connectivity index (χ2n) is 5.52. The first-order valence-electron chi connectivity index (χ1n) is 6.91. The van der Waals surface area contributed by atoms with Gasteiger partial charge >= 0.3 is 0 Å². The summed E-state index contributed by atoms with van der Waals surface area (Å²) in [4.78, 5) is 2.61. The summed E-state index contributed by atoms with van der Waals surface area (Å²) in [7, 11) is 0. The van der Waals surface area contributed by atoms with Crippen LogP contribution in [0.25, 0.3) is 0 Å². The summed E-state index contributed by atoms with van der Waals surface area (Å²) < 4.78 is 0. The Bertz CT molecular complexity index is 403. The van der Waals surface area contributed by atoms with Gasteiger partial charge in [-0.3, -0.25) is 0 Å². The van der Waals surface area contributed by atoms with Gasteiger partial charge in [-0.15, -0.1) is 0 Å². The van der Waals surface area contributed by atoms with E-state index < -0.39 is 0 Å². The van der Waals surface area contributed by atoms with Crippen molar-refractivity contribution < 1.29 is 0 Å². The lowest BCUT2D eigenvalue weighted by Gasteiger charge is -2.33. The molecule has 2 heterocycles. The summed E-state index contributed by atoms with van der Waals surface area (Å²) in [5.41, 5.74) is 4.33. The van der Waals surface area contributed by atoms with E-state index in [0.717, 1.165) is 6.54 Å². The number of hydrogen-bond acceptors (Lipinski definition) is 2. The van der Waals surface area contributed by atoms with Crippen molar-refractivity contribution in [1.82, 2.24) is 0 Å². The van der Waals surface area contributed by atoms with E-state index >= 15 is 0 Å². The molecule has 2 nitrogen and oxygen atoms in total. The fraction of sp³-hybridized carbons (Fsp3) is 0.600. The average molecular weight is 230 g/mol. The lowest BCUT2D eigenvalue weighted by atomic mass is 10.0. The molecule has 1 aromatic carbocycles. The summed E-state index contributed by atoms with van der Waals surface area (Å²) in [6, 6.07) is 8.14. The quantitative estimate of drug-likeness (QED) is 0.795. The molecule has 2 heteroatoms. The standard InChI is InChI=1S/C15H22N2/c1-11-8-9-12(2)17(11)14-7-3-5-13-6-4-10-16-15(13)14/h3,5,7,11-12,16H,4,6,8-10H2,1-2H3/t11-,12-/m0/s1. The van der Waals surface area contributed by atoms with Gasteiger partial charge in [0.05, 0.1) is 11.4 Å². The number of benzene rings is 1. The SMILES string of the molecule is C[C@H]1CC[C@H](C)N1c1cccc2c1NCCC2. The van der Waals surface area contributed by atoms with Crippen molar-refractivity contribution in [3.05, 3.63) is 23.8 Å². The zero-order valence-electron chi connectivity index (χ0n) is 10.9. The minimum atomic E-state index is 0.681. The Morgan fingerprint density at radius 1 is 1.18 bits per heavy atom. The summed E-state index contributed by atoms with van der Waals surface area (Å²) in [6.45, 7) is 5.83. The van der Waals surface area contributed by atoms with Crippen LogP contribution in [-0.4, -0.2) is 18.6 Å².